The van der Waals surface area contributed by atoms with Crippen molar-refractivity contribution in [3.63, 3.8) is 0 Å². The number of phosphoric acid groups is 1. The molecule has 0 radical (unpaired) electrons. The first-order chi connectivity index (χ1) is 8.10. The summed E-state index contributed by atoms with van der Waals surface area (Å²) in [5.41, 5.74) is -0.952. The zero-order valence-corrected chi connectivity index (χ0v) is 11.3. The van der Waals surface area contributed by atoms with Gasteiger partial charge in [0.05, 0.1) is 13.2 Å². The quantitative estimate of drug-likeness (QED) is 0.284. The maximum absolute atomic E-state index is 11.4. The molecule has 108 valence electrons. The first-order valence-corrected chi connectivity index (χ1v) is 6.90. The topological polar surface area (TPSA) is 136 Å². The number of hydrogen-bond acceptors (Lipinski definition) is 5. The number of aliphatic hydroxyl groups excluding tert-OH is 2. The van der Waals surface area contributed by atoms with Crippen molar-refractivity contribution in [3.8, 4) is 0 Å². The number of phosphoric ester groups is 1. The Morgan fingerprint density at radius 3 is 2.44 bits per heavy atom. The van der Waals surface area contributed by atoms with Crippen molar-refractivity contribution >= 4 is 13.7 Å². The van der Waals surface area contributed by atoms with Crippen molar-refractivity contribution in [2.45, 2.75) is 26.4 Å². The van der Waals surface area contributed by atoms with E-state index in [1.807, 2.05) is 0 Å². The van der Waals surface area contributed by atoms with Crippen molar-refractivity contribution in [2.75, 3.05) is 19.8 Å². The molecule has 0 aromatic rings. The molecule has 0 aromatic carbocycles. The molecule has 0 aliphatic heterocycles. The Morgan fingerprint density at radius 1 is 1.44 bits per heavy atom. The summed E-state index contributed by atoms with van der Waals surface area (Å²) in [6.45, 7) is 2.63. The summed E-state index contributed by atoms with van der Waals surface area (Å²) in [7, 11) is -4.48. The highest BCUT2D eigenvalue weighted by molar-refractivity contribution is 7.46. The third kappa shape index (κ3) is 7.05. The lowest BCUT2D eigenvalue weighted by Crippen LogP contribution is -2.45. The van der Waals surface area contributed by atoms with Crippen LogP contribution in [0.5, 0.6) is 0 Å². The summed E-state index contributed by atoms with van der Waals surface area (Å²) in [4.78, 5) is 28.2. The van der Waals surface area contributed by atoms with Crippen molar-refractivity contribution in [3.05, 3.63) is 0 Å². The number of hydrogen-bond donors (Lipinski definition) is 5. The van der Waals surface area contributed by atoms with Gasteiger partial charge in [-0.1, -0.05) is 13.8 Å². The molecule has 0 unspecified atom stereocenters. The highest BCUT2D eigenvalue weighted by Gasteiger charge is 2.32. The van der Waals surface area contributed by atoms with Crippen molar-refractivity contribution in [1.82, 2.24) is 5.32 Å². The van der Waals surface area contributed by atoms with Gasteiger partial charge >= 0.3 is 7.82 Å². The smallest absolute Gasteiger partial charge is 0.396 e. The van der Waals surface area contributed by atoms with Gasteiger partial charge in [-0.3, -0.25) is 9.32 Å². The number of carbonyl (C=O) groups excluding carboxylic acids is 1. The van der Waals surface area contributed by atoms with Gasteiger partial charge in [0, 0.05) is 12.0 Å². The van der Waals surface area contributed by atoms with Crippen LogP contribution in [-0.2, 0) is 13.9 Å². The number of carbonyl (C=O) groups is 1. The Kier molecular flexibility index (Phi) is 6.98. The highest BCUT2D eigenvalue weighted by Crippen LogP contribution is 2.35. The fourth-order valence-corrected chi connectivity index (χ4v) is 1.37. The summed E-state index contributed by atoms with van der Waals surface area (Å²) < 4.78 is 14.5. The van der Waals surface area contributed by atoms with Crippen LogP contribution in [0.3, 0.4) is 0 Å². The molecule has 1 atom stereocenters. The van der Waals surface area contributed by atoms with Crippen LogP contribution in [0.4, 0.5) is 0 Å². The van der Waals surface area contributed by atoms with E-state index in [-0.39, 0.29) is 26.2 Å². The van der Waals surface area contributed by atoms with Crippen LogP contribution < -0.4 is 5.32 Å². The summed E-state index contributed by atoms with van der Waals surface area (Å²) in [6, 6.07) is 0. The Hall–Kier alpha value is -0.500. The van der Waals surface area contributed by atoms with Gasteiger partial charge in [0.25, 0.3) is 0 Å². The van der Waals surface area contributed by atoms with E-state index in [0.717, 1.165) is 0 Å². The zero-order chi connectivity index (χ0) is 14.4. The molecule has 9 heteroatoms. The first-order valence-electron chi connectivity index (χ1n) is 5.37. The van der Waals surface area contributed by atoms with Crippen molar-refractivity contribution < 1.29 is 33.9 Å². The lowest BCUT2D eigenvalue weighted by Gasteiger charge is -2.27. The molecular weight excluding hydrogens is 265 g/mol. The molecule has 0 saturated heterocycles. The normalized spacial score (nSPS) is 14.3. The van der Waals surface area contributed by atoms with Crippen LogP contribution >= 0.6 is 7.82 Å². The number of rotatable bonds is 8. The van der Waals surface area contributed by atoms with Crippen LogP contribution in [0.15, 0.2) is 0 Å². The average Bonchev–Trinajstić information content (AvgIpc) is 2.25. The third-order valence-electron chi connectivity index (χ3n) is 2.28. The molecule has 0 fully saturated rings. The summed E-state index contributed by atoms with van der Waals surface area (Å²) >= 11 is 0. The van der Waals surface area contributed by atoms with Gasteiger partial charge in [0.1, 0.15) is 6.10 Å². The standard InChI is InChI=1S/C9H20NO7P/c1-9(2,6-11)7(12)8(13)10-4-3-5-17-18(14,15)16/h7,11-12H,3-6H2,1-2H3,(H,10,13)(H2,14,15,16)/t7-/m0/s1. The van der Waals surface area contributed by atoms with Crippen LogP contribution in [0, 0.1) is 5.41 Å². The number of aliphatic hydroxyl groups is 2. The van der Waals surface area contributed by atoms with Gasteiger partial charge in [-0.2, -0.15) is 0 Å². The van der Waals surface area contributed by atoms with Gasteiger partial charge in [0.15, 0.2) is 0 Å². The molecule has 5 N–H and O–H groups in total. The predicted molar refractivity (Wildman–Crippen MR) is 62.5 cm³/mol. The molecule has 8 nitrogen and oxygen atoms in total. The van der Waals surface area contributed by atoms with E-state index >= 15 is 0 Å². The minimum atomic E-state index is -4.48. The van der Waals surface area contributed by atoms with Gasteiger partial charge in [-0.25, -0.2) is 4.57 Å². The van der Waals surface area contributed by atoms with Gasteiger partial charge < -0.3 is 25.3 Å². The fraction of sp³-hybridized carbons (Fsp3) is 0.889. The highest BCUT2D eigenvalue weighted by atomic mass is 31.2. The molecule has 0 bridgehead atoms. The van der Waals surface area contributed by atoms with Crippen molar-refractivity contribution in [2.24, 2.45) is 5.41 Å². The second kappa shape index (κ2) is 7.18. The van der Waals surface area contributed by atoms with Crippen LogP contribution in [0.25, 0.3) is 0 Å². The maximum Gasteiger partial charge on any atom is 0.469 e. The van der Waals surface area contributed by atoms with E-state index in [2.05, 4.69) is 9.84 Å². The molecule has 0 saturated carbocycles. The SMILES string of the molecule is CC(C)(CO)[C@@H](O)C(=O)NCCCOP(=O)(O)O. The fourth-order valence-electron chi connectivity index (χ4n) is 1.01. The van der Waals surface area contributed by atoms with Crippen LogP contribution in [0.2, 0.25) is 0 Å². The van der Waals surface area contributed by atoms with Crippen molar-refractivity contribution in [1.29, 1.82) is 0 Å². The minimum Gasteiger partial charge on any atom is -0.396 e. The Bertz CT molecular complexity index is 314. The summed E-state index contributed by atoms with van der Waals surface area (Å²) in [6.07, 6.45) is -1.16. The summed E-state index contributed by atoms with van der Waals surface area (Å²) in [5.74, 6) is -0.648. The van der Waals surface area contributed by atoms with E-state index in [1.165, 1.54) is 13.8 Å². The average molecular weight is 285 g/mol. The minimum absolute atomic E-state index is 0.109. The van der Waals surface area contributed by atoms with E-state index < -0.39 is 25.2 Å². The molecule has 0 rings (SSSR count). The molecule has 1 amide bonds. The van der Waals surface area contributed by atoms with Crippen LogP contribution in [0.1, 0.15) is 20.3 Å². The Labute approximate surface area is 105 Å². The van der Waals surface area contributed by atoms with Crippen LogP contribution in [-0.4, -0.2) is 51.8 Å². The van der Waals surface area contributed by atoms with E-state index in [9.17, 15) is 14.5 Å². The lowest BCUT2D eigenvalue weighted by molar-refractivity contribution is -0.137. The molecule has 0 aliphatic carbocycles. The first kappa shape index (κ1) is 17.5. The molecule has 18 heavy (non-hydrogen) atoms. The third-order valence-corrected chi connectivity index (χ3v) is 2.79. The number of amides is 1. The Balaban J connectivity index is 3.88. The largest absolute Gasteiger partial charge is 0.469 e. The summed E-state index contributed by atoms with van der Waals surface area (Å²) in [5, 5.41) is 20.9. The molecule has 0 aliphatic rings. The number of nitrogens with one attached hydrogen (secondary N) is 1. The second-order valence-electron chi connectivity index (χ2n) is 4.52. The predicted octanol–water partition coefficient (Wildman–Crippen LogP) is -1.02. The maximum atomic E-state index is 11.4. The zero-order valence-electron chi connectivity index (χ0n) is 10.4. The second-order valence-corrected chi connectivity index (χ2v) is 5.76. The monoisotopic (exact) mass is 285 g/mol. The molecular formula is C9H20NO7P. The van der Waals surface area contributed by atoms with E-state index in [4.69, 9.17) is 14.9 Å². The van der Waals surface area contributed by atoms with Gasteiger partial charge in [0.2, 0.25) is 5.91 Å². The van der Waals surface area contributed by atoms with E-state index in [0.29, 0.717) is 0 Å². The molecule has 0 heterocycles. The molecule has 0 aromatic heterocycles. The molecule has 0 spiro atoms. The van der Waals surface area contributed by atoms with Gasteiger partial charge in [-0.15, -0.1) is 0 Å². The lowest BCUT2D eigenvalue weighted by atomic mass is 9.87. The van der Waals surface area contributed by atoms with Gasteiger partial charge in [-0.05, 0) is 6.42 Å². The van der Waals surface area contributed by atoms with E-state index in [1.54, 1.807) is 0 Å². The Morgan fingerprint density at radius 2 is 2.00 bits per heavy atom.